The summed E-state index contributed by atoms with van der Waals surface area (Å²) >= 11 is 0. The molecule has 0 spiro atoms. The van der Waals surface area contributed by atoms with Gasteiger partial charge in [-0.25, -0.2) is 19.2 Å². The molecule has 33 heteroatoms. The largest absolute Gasteiger partial charge is 0.481 e. The summed E-state index contributed by atoms with van der Waals surface area (Å²) in [7, 11) is 0. The molecule has 4 aliphatic heterocycles. The summed E-state index contributed by atoms with van der Waals surface area (Å²) in [5.74, 6) is -8.63. The number of carbonyl (C=O) groups excluding carboxylic acids is 2. The second kappa shape index (κ2) is 30.6. The fourth-order valence-corrected chi connectivity index (χ4v) is 24.8. The molecule has 10 aliphatic carbocycles. The Morgan fingerprint density at radius 1 is 0.363 bits per heavy atom. The second-order valence-electron chi connectivity index (χ2n) is 38.6. The number of rotatable bonds is 14. The van der Waals surface area contributed by atoms with Crippen LogP contribution in [0.4, 0.5) is 0 Å². The van der Waals surface area contributed by atoms with Gasteiger partial charge in [0.2, 0.25) is 0 Å². The number of fused-ring (bicyclic) bond motifs is 14. The van der Waals surface area contributed by atoms with Crippen LogP contribution in [0.5, 0.6) is 0 Å². The molecule has 12 fully saturated rings. The molecule has 14 rings (SSSR count). The molecule has 8 saturated carbocycles. The summed E-state index contributed by atoms with van der Waals surface area (Å²) in [6, 6.07) is 0. The summed E-state index contributed by atoms with van der Waals surface area (Å²) in [6.45, 7) is 21.6. The van der Waals surface area contributed by atoms with E-state index in [9.17, 15) is 120 Å². The molecule has 32 nitrogen and oxygen atoms in total. The van der Waals surface area contributed by atoms with E-state index < -0.39 is 203 Å². The van der Waals surface area contributed by atoms with E-state index in [-0.39, 0.29) is 85.5 Å². The Labute approximate surface area is 664 Å². The molecular formula is C80H116CoO32. The zero-order valence-electron chi connectivity index (χ0n) is 65.5. The first kappa shape index (κ1) is 87.7. The van der Waals surface area contributed by atoms with Crippen molar-refractivity contribution >= 4 is 47.4 Å². The van der Waals surface area contributed by atoms with Crippen LogP contribution in [0.2, 0.25) is 0 Å². The molecule has 0 aromatic rings. The van der Waals surface area contributed by atoms with E-state index in [1.807, 2.05) is 26.0 Å². The smallest absolute Gasteiger partial charge is 0.335 e. The zero-order chi connectivity index (χ0) is 82.2. The van der Waals surface area contributed by atoms with Crippen molar-refractivity contribution in [1.29, 1.82) is 0 Å². The van der Waals surface area contributed by atoms with E-state index in [0.29, 0.717) is 64.2 Å². The Bertz CT molecular complexity index is 3550. The van der Waals surface area contributed by atoms with E-state index in [2.05, 4.69) is 55.4 Å². The summed E-state index contributed by atoms with van der Waals surface area (Å²) in [4.78, 5) is 102. The maximum atomic E-state index is 14.6. The van der Waals surface area contributed by atoms with E-state index >= 15 is 0 Å². The zero-order valence-corrected chi connectivity index (χ0v) is 66.5. The summed E-state index contributed by atoms with van der Waals surface area (Å²) in [5, 5.41) is 165. The fraction of sp³-hybridized carbons (Fsp3) is 0.850. The molecule has 637 valence electrons. The van der Waals surface area contributed by atoms with Crippen LogP contribution in [0, 0.1) is 89.7 Å². The van der Waals surface area contributed by atoms with Gasteiger partial charge in [-0.15, -0.1) is 0 Å². The third kappa shape index (κ3) is 14.1. The monoisotopic (exact) mass is 1650 g/mol. The van der Waals surface area contributed by atoms with Crippen LogP contribution in [0.15, 0.2) is 23.3 Å². The number of aliphatic carboxylic acids is 6. The van der Waals surface area contributed by atoms with Crippen molar-refractivity contribution in [3.05, 3.63) is 23.3 Å². The van der Waals surface area contributed by atoms with Gasteiger partial charge in [0.1, 0.15) is 73.2 Å². The number of carboxylic acids is 6. The molecule has 4 saturated heterocycles. The molecule has 38 atom stereocenters. The van der Waals surface area contributed by atoms with Crippen molar-refractivity contribution in [1.82, 2.24) is 0 Å². The van der Waals surface area contributed by atoms with Crippen LogP contribution >= 0.6 is 0 Å². The molecule has 0 aromatic heterocycles. The van der Waals surface area contributed by atoms with Crippen LogP contribution < -0.4 is 0 Å². The molecule has 14 aliphatic rings. The van der Waals surface area contributed by atoms with Gasteiger partial charge in [-0.1, -0.05) is 66.5 Å². The molecule has 0 amide bonds. The van der Waals surface area contributed by atoms with E-state index in [0.717, 1.165) is 75.4 Å². The standard InChI is InChI=1S/2C40H58O16.Co/c2*1-36-10-11-37(2,35(51)52)16-20(36)19-15-21(41)30-38(3)8-7-18(14-17(38)6-9-40(30,5)39(19,4)13-12-36)53-34-29(25(45)24(44)28(55-34)32(49)50)56-33-26(46)22(42)23(43)27(54-33)31(47)48;/h2*15,17-18,20,22-30,33-34,42-46H,6-14,16H2,1-5H3,(H,47,48)(H,49,50)(H,51,52);. The Morgan fingerprint density at radius 2 is 0.664 bits per heavy atom. The number of hydrogen-bond acceptors (Lipinski definition) is 26. The maximum Gasteiger partial charge on any atom is 0.335 e. The molecular weight excluding hydrogens is 1530 g/mol. The molecule has 113 heavy (non-hydrogen) atoms. The van der Waals surface area contributed by atoms with Gasteiger partial charge in [-0.05, 0) is 221 Å². The van der Waals surface area contributed by atoms with Gasteiger partial charge in [0.05, 0.1) is 23.0 Å². The number of aliphatic hydroxyl groups is 10. The predicted molar refractivity (Wildman–Crippen MR) is 381 cm³/mol. The predicted octanol–water partition coefficient (Wildman–Crippen LogP) is 3.22. The van der Waals surface area contributed by atoms with Crippen LogP contribution in [0.3, 0.4) is 0 Å². The van der Waals surface area contributed by atoms with Gasteiger partial charge in [0.25, 0.3) is 0 Å². The summed E-state index contributed by atoms with van der Waals surface area (Å²) in [6.07, 6.45) is -22.8. The Hall–Kier alpha value is -4.57. The number of aliphatic hydroxyl groups excluding tert-OH is 10. The molecule has 16 N–H and O–H groups in total. The quantitative estimate of drug-likeness (QED) is 0.111. The SMILES string of the molecule is CC1(C(=O)O)CCC2(C)CCC3(C)C(=CC(=O)C4C5(C)CCC(OC6OC(C(=O)O)C(O)C(O)C6OC6OC(C(=O)O)C(O)C(O)C6O)CC5CCC43C)C2C1.CC1(C(=O)O)CCC2(C)CCC3(C)C(=CC(=O)C4C5(C)CCC(OC6OC(C(=O)O)C(O)C(O)C6OC6OC(C(=O)O)C(O)C(O)C6O)CC5CCC43C)C2C1.[Co]. The van der Waals surface area contributed by atoms with Gasteiger partial charge in [-0.3, -0.25) is 19.2 Å². The van der Waals surface area contributed by atoms with Crippen molar-refractivity contribution in [2.75, 3.05) is 0 Å². The minimum atomic E-state index is -2.03. The van der Waals surface area contributed by atoms with Gasteiger partial charge < -0.3 is 120 Å². The minimum Gasteiger partial charge on any atom is -0.481 e. The fourth-order valence-electron chi connectivity index (χ4n) is 24.8. The summed E-state index contributed by atoms with van der Waals surface area (Å²) < 4.78 is 45.9. The maximum absolute atomic E-state index is 14.6. The molecule has 0 bridgehead atoms. The molecule has 0 aromatic carbocycles. The average Bonchev–Trinajstić information content (AvgIpc) is 0.681. The van der Waals surface area contributed by atoms with Crippen molar-refractivity contribution < 1.29 is 175 Å². The van der Waals surface area contributed by atoms with Crippen LogP contribution in [0.1, 0.15) is 198 Å². The van der Waals surface area contributed by atoms with Crippen LogP contribution in [-0.2, 0) is 93.0 Å². The molecule has 4 heterocycles. The Balaban J connectivity index is 0.000000208. The second-order valence-corrected chi connectivity index (χ2v) is 38.6. The van der Waals surface area contributed by atoms with Crippen molar-refractivity contribution in [3.63, 3.8) is 0 Å². The van der Waals surface area contributed by atoms with Crippen molar-refractivity contribution in [2.24, 2.45) is 89.7 Å². The normalized spacial score (nSPS) is 52.6. The van der Waals surface area contributed by atoms with Gasteiger partial charge in [0, 0.05) is 28.6 Å². The number of ketones is 2. The number of allylic oxidation sites excluding steroid dienone is 4. The Kier molecular flexibility index (Phi) is 23.8. The third-order valence-electron chi connectivity index (χ3n) is 32.7. The summed E-state index contributed by atoms with van der Waals surface area (Å²) in [5.41, 5.74) is -1.94. The van der Waals surface area contributed by atoms with Gasteiger partial charge in [0.15, 0.2) is 61.1 Å². The van der Waals surface area contributed by atoms with E-state index in [1.165, 1.54) is 0 Å². The van der Waals surface area contributed by atoms with E-state index in [4.69, 9.17) is 37.9 Å². The van der Waals surface area contributed by atoms with Crippen LogP contribution in [0.25, 0.3) is 0 Å². The van der Waals surface area contributed by atoms with Gasteiger partial charge >= 0.3 is 35.8 Å². The van der Waals surface area contributed by atoms with Crippen molar-refractivity contribution in [3.8, 4) is 0 Å². The number of carboxylic acid groups (broad SMARTS) is 6. The van der Waals surface area contributed by atoms with E-state index in [1.54, 1.807) is 0 Å². The third-order valence-corrected chi connectivity index (χ3v) is 32.7. The Morgan fingerprint density at radius 3 is 0.973 bits per heavy atom. The van der Waals surface area contributed by atoms with Gasteiger partial charge in [-0.2, -0.15) is 0 Å². The minimum absolute atomic E-state index is 0. The average molecular weight is 1650 g/mol. The first-order valence-corrected chi connectivity index (χ1v) is 40.0. The van der Waals surface area contributed by atoms with Crippen molar-refractivity contribution in [2.45, 2.75) is 333 Å². The number of carbonyl (C=O) groups is 8. The number of ether oxygens (including phenoxy) is 8. The first-order valence-electron chi connectivity index (χ1n) is 40.0. The van der Waals surface area contributed by atoms with Crippen LogP contribution in [-0.4, -0.2) is 264 Å². The molecule has 1 radical (unpaired) electrons. The molecule has 38 unspecified atom stereocenters. The number of hydrogen-bond donors (Lipinski definition) is 16. The first-order chi connectivity index (χ1) is 52.0. The topological polar surface area (TPSA) is 534 Å².